The predicted octanol–water partition coefficient (Wildman–Crippen LogP) is 4.85. The van der Waals surface area contributed by atoms with Crippen molar-refractivity contribution in [3.05, 3.63) is 95.6 Å². The van der Waals surface area contributed by atoms with Gasteiger partial charge in [-0.15, -0.1) is 0 Å². The van der Waals surface area contributed by atoms with E-state index in [1.54, 1.807) is 7.11 Å². The summed E-state index contributed by atoms with van der Waals surface area (Å²) in [5, 5.41) is 0. The zero-order valence-electron chi connectivity index (χ0n) is 14.9. The Morgan fingerprint density at radius 3 is 2.58 bits per heavy atom. The summed E-state index contributed by atoms with van der Waals surface area (Å²) in [4.78, 5) is 2.38. The molecule has 3 aromatic carbocycles. The Bertz CT molecular complexity index is 952. The molecule has 1 heterocycles. The number of methoxy groups -OCH3 is 1. The lowest BCUT2D eigenvalue weighted by atomic mass is 9.92. The Kier molecular flexibility index (Phi) is 4.62. The maximum atomic E-state index is 5.42. The van der Waals surface area contributed by atoms with E-state index in [4.69, 9.17) is 4.74 Å². The number of benzene rings is 3. The van der Waals surface area contributed by atoms with Crippen molar-refractivity contribution >= 4 is 5.69 Å². The molecule has 0 fully saturated rings. The van der Waals surface area contributed by atoms with Crippen LogP contribution >= 0.6 is 0 Å². The van der Waals surface area contributed by atoms with Crippen molar-refractivity contribution in [3.63, 3.8) is 0 Å². The minimum atomic E-state index is 0.0345. The summed E-state index contributed by atoms with van der Waals surface area (Å²) in [5.74, 6) is 7.75. The van der Waals surface area contributed by atoms with Crippen LogP contribution in [0.15, 0.2) is 78.9 Å². The van der Waals surface area contributed by atoms with Crippen LogP contribution in [-0.2, 0) is 6.42 Å². The average molecular weight is 339 g/mol. The van der Waals surface area contributed by atoms with Crippen LogP contribution in [0.1, 0.15) is 22.7 Å². The third-order valence-corrected chi connectivity index (χ3v) is 4.80. The van der Waals surface area contributed by atoms with Crippen molar-refractivity contribution in [2.75, 3.05) is 18.6 Å². The fourth-order valence-electron chi connectivity index (χ4n) is 3.46. The molecule has 0 saturated heterocycles. The van der Waals surface area contributed by atoms with Crippen LogP contribution in [0.25, 0.3) is 0 Å². The molecule has 0 spiro atoms. The average Bonchev–Trinajstić information content (AvgIpc) is 2.72. The van der Waals surface area contributed by atoms with Crippen LogP contribution in [0.2, 0.25) is 0 Å². The molecule has 0 saturated carbocycles. The molecule has 2 nitrogen and oxygen atoms in total. The molecule has 2 heteroatoms. The van der Waals surface area contributed by atoms with Gasteiger partial charge >= 0.3 is 0 Å². The second kappa shape index (κ2) is 7.37. The maximum Gasteiger partial charge on any atom is 0.120 e. The molecule has 4 rings (SSSR count). The van der Waals surface area contributed by atoms with Gasteiger partial charge in [-0.25, -0.2) is 0 Å². The normalized spacial score (nSPS) is 15.6. The molecule has 0 radical (unpaired) electrons. The zero-order valence-corrected chi connectivity index (χ0v) is 14.9. The third kappa shape index (κ3) is 3.30. The second-order valence-corrected chi connectivity index (χ2v) is 6.38. The summed E-state index contributed by atoms with van der Waals surface area (Å²) in [6.45, 7) is 0.943. The van der Waals surface area contributed by atoms with E-state index in [0.29, 0.717) is 0 Å². The predicted molar refractivity (Wildman–Crippen MR) is 107 cm³/mol. The smallest absolute Gasteiger partial charge is 0.120 e. The summed E-state index contributed by atoms with van der Waals surface area (Å²) in [6, 6.07) is 27.1. The van der Waals surface area contributed by atoms with E-state index in [9.17, 15) is 0 Å². The Morgan fingerprint density at radius 1 is 0.923 bits per heavy atom. The van der Waals surface area contributed by atoms with Crippen molar-refractivity contribution in [1.29, 1.82) is 0 Å². The van der Waals surface area contributed by atoms with Crippen LogP contribution in [0.4, 0.5) is 5.69 Å². The van der Waals surface area contributed by atoms with Gasteiger partial charge in [0.15, 0.2) is 0 Å². The second-order valence-electron chi connectivity index (χ2n) is 6.38. The maximum absolute atomic E-state index is 5.42. The van der Waals surface area contributed by atoms with Crippen molar-refractivity contribution in [1.82, 2.24) is 0 Å². The number of fused-ring (bicyclic) bond motifs is 1. The first-order chi connectivity index (χ1) is 12.8. The molecule has 0 N–H and O–H groups in total. The third-order valence-electron chi connectivity index (χ3n) is 4.80. The Hall–Kier alpha value is -3.18. The molecular formula is C24H21NO. The molecule has 0 aliphatic carbocycles. The summed E-state index contributed by atoms with van der Waals surface area (Å²) < 4.78 is 5.42. The highest BCUT2D eigenvalue weighted by Gasteiger charge is 2.26. The number of anilines is 1. The topological polar surface area (TPSA) is 12.5 Å². The summed E-state index contributed by atoms with van der Waals surface area (Å²) in [7, 11) is 1.71. The number of hydrogen-bond donors (Lipinski definition) is 0. The van der Waals surface area contributed by atoms with Gasteiger partial charge < -0.3 is 9.64 Å². The fourth-order valence-corrected chi connectivity index (χ4v) is 3.46. The van der Waals surface area contributed by atoms with Gasteiger partial charge in [0.25, 0.3) is 0 Å². The molecule has 1 aliphatic rings. The van der Waals surface area contributed by atoms with E-state index in [0.717, 1.165) is 30.0 Å². The van der Waals surface area contributed by atoms with E-state index >= 15 is 0 Å². The molecule has 0 bridgehead atoms. The van der Waals surface area contributed by atoms with Crippen molar-refractivity contribution in [2.45, 2.75) is 12.5 Å². The first-order valence-corrected chi connectivity index (χ1v) is 8.90. The van der Waals surface area contributed by atoms with Crippen LogP contribution in [0, 0.1) is 11.8 Å². The molecule has 0 amide bonds. The largest absolute Gasteiger partial charge is 0.497 e. The van der Waals surface area contributed by atoms with Gasteiger partial charge in [0.1, 0.15) is 11.8 Å². The molecular weight excluding hydrogens is 318 g/mol. The quantitative estimate of drug-likeness (QED) is 0.619. The summed E-state index contributed by atoms with van der Waals surface area (Å²) >= 11 is 0. The van der Waals surface area contributed by atoms with E-state index < -0.39 is 0 Å². The molecule has 0 aromatic heterocycles. The SMILES string of the molecule is COc1cccc(N2CCc3ccccc3[C@@H]2C#Cc2ccccc2)c1. The van der Waals surface area contributed by atoms with Gasteiger partial charge in [-0.05, 0) is 41.8 Å². The standard InChI is InChI=1S/C24H21NO/c1-26-22-12-7-11-21(18-22)25-17-16-20-10-5-6-13-23(20)24(25)15-14-19-8-3-2-4-9-19/h2-13,18,24H,16-17H2,1H3/t24-/m0/s1. The monoisotopic (exact) mass is 339 g/mol. The highest BCUT2D eigenvalue weighted by molar-refractivity contribution is 5.58. The molecule has 128 valence electrons. The zero-order chi connectivity index (χ0) is 17.8. The van der Waals surface area contributed by atoms with Gasteiger partial charge in [0, 0.05) is 23.9 Å². The van der Waals surface area contributed by atoms with Gasteiger partial charge in [-0.3, -0.25) is 0 Å². The van der Waals surface area contributed by atoms with Crippen molar-refractivity contribution in [2.24, 2.45) is 0 Å². The number of ether oxygens (including phenoxy) is 1. The molecule has 1 aliphatic heterocycles. The van der Waals surface area contributed by atoms with E-state index in [-0.39, 0.29) is 6.04 Å². The van der Waals surface area contributed by atoms with E-state index in [1.165, 1.54) is 11.1 Å². The first-order valence-electron chi connectivity index (χ1n) is 8.90. The van der Waals surface area contributed by atoms with Crippen molar-refractivity contribution in [3.8, 4) is 17.6 Å². The lowest BCUT2D eigenvalue weighted by molar-refractivity contribution is 0.414. The molecule has 26 heavy (non-hydrogen) atoms. The van der Waals surface area contributed by atoms with Crippen LogP contribution in [0.5, 0.6) is 5.75 Å². The fraction of sp³-hybridized carbons (Fsp3) is 0.167. The number of hydrogen-bond acceptors (Lipinski definition) is 2. The lowest BCUT2D eigenvalue weighted by Gasteiger charge is -2.36. The van der Waals surface area contributed by atoms with Gasteiger partial charge in [-0.1, -0.05) is 60.4 Å². The van der Waals surface area contributed by atoms with Gasteiger partial charge in [0.05, 0.1) is 7.11 Å². The van der Waals surface area contributed by atoms with E-state index in [1.807, 2.05) is 30.3 Å². The minimum Gasteiger partial charge on any atom is -0.497 e. The van der Waals surface area contributed by atoms with Crippen LogP contribution in [0.3, 0.4) is 0 Å². The Labute approximate surface area is 155 Å². The van der Waals surface area contributed by atoms with Gasteiger partial charge in [-0.2, -0.15) is 0 Å². The highest BCUT2D eigenvalue weighted by Crippen LogP contribution is 2.34. The van der Waals surface area contributed by atoms with E-state index in [2.05, 4.69) is 65.3 Å². The molecule has 0 unspecified atom stereocenters. The van der Waals surface area contributed by atoms with Crippen LogP contribution in [-0.4, -0.2) is 13.7 Å². The van der Waals surface area contributed by atoms with Crippen LogP contribution < -0.4 is 9.64 Å². The highest BCUT2D eigenvalue weighted by atomic mass is 16.5. The minimum absolute atomic E-state index is 0.0345. The summed E-state index contributed by atoms with van der Waals surface area (Å²) in [5.41, 5.74) is 4.87. The Morgan fingerprint density at radius 2 is 1.73 bits per heavy atom. The summed E-state index contributed by atoms with van der Waals surface area (Å²) in [6.07, 6.45) is 1.02. The molecule has 3 aromatic rings. The first kappa shape index (κ1) is 16.3. The number of rotatable bonds is 2. The lowest BCUT2D eigenvalue weighted by Crippen LogP contribution is -2.34. The van der Waals surface area contributed by atoms with Crippen molar-refractivity contribution < 1.29 is 4.74 Å². The van der Waals surface area contributed by atoms with Gasteiger partial charge in [0.2, 0.25) is 0 Å². The number of nitrogens with zero attached hydrogens (tertiary/aromatic N) is 1. The Balaban J connectivity index is 1.77. The molecule has 1 atom stereocenters.